The first-order valence-corrected chi connectivity index (χ1v) is 13.2. The third-order valence-electron chi connectivity index (χ3n) is 6.18. The van der Waals surface area contributed by atoms with Crippen molar-refractivity contribution in [1.82, 2.24) is 14.8 Å². The number of nitrogens with zero attached hydrogens (tertiary/aromatic N) is 3. The lowest BCUT2D eigenvalue weighted by atomic mass is 9.95. The van der Waals surface area contributed by atoms with E-state index in [0.29, 0.717) is 49.9 Å². The van der Waals surface area contributed by atoms with Gasteiger partial charge in [0.1, 0.15) is 11.9 Å². The Morgan fingerprint density at radius 2 is 1.79 bits per heavy atom. The Hall–Kier alpha value is -2.49. The molecule has 2 fully saturated rings. The molecule has 10 heteroatoms. The van der Waals surface area contributed by atoms with Crippen molar-refractivity contribution in [3.63, 3.8) is 0 Å². The van der Waals surface area contributed by atoms with Crippen molar-refractivity contribution in [2.45, 2.75) is 18.9 Å². The molecule has 0 bridgehead atoms. The number of hydrogen-bond acceptors (Lipinski definition) is 6. The molecule has 0 radical (unpaired) electrons. The second kappa shape index (κ2) is 10.2. The third kappa shape index (κ3) is 5.90. The second-order valence-electron chi connectivity index (χ2n) is 8.48. The number of hydrogen-bond donors (Lipinski definition) is 1. The molecule has 2 unspecified atom stereocenters. The van der Waals surface area contributed by atoms with Gasteiger partial charge in [0.05, 0.1) is 22.4 Å². The van der Waals surface area contributed by atoms with Crippen LogP contribution < -0.4 is 5.32 Å². The minimum absolute atomic E-state index is 0.0444. The number of sulfone groups is 1. The fourth-order valence-corrected chi connectivity index (χ4v) is 5.71. The number of rotatable bonds is 5. The van der Waals surface area contributed by atoms with Gasteiger partial charge in [-0.25, -0.2) is 13.4 Å². The number of piperidine rings is 1. The van der Waals surface area contributed by atoms with E-state index in [1.54, 1.807) is 17.0 Å². The van der Waals surface area contributed by atoms with Crippen LogP contribution >= 0.6 is 11.6 Å². The van der Waals surface area contributed by atoms with Crippen molar-refractivity contribution in [2.75, 3.05) is 43.0 Å². The van der Waals surface area contributed by atoms with Crippen LogP contribution in [-0.4, -0.2) is 72.7 Å². The number of pyridine rings is 1. The summed E-state index contributed by atoms with van der Waals surface area (Å²) >= 11 is 5.85. The number of halogens is 1. The summed E-state index contributed by atoms with van der Waals surface area (Å²) in [5.74, 6) is -0.112. The quantitative estimate of drug-likeness (QED) is 0.690. The minimum Gasteiger partial charge on any atom is -0.340 e. The topological polar surface area (TPSA) is 99.7 Å². The van der Waals surface area contributed by atoms with E-state index in [1.165, 1.54) is 6.20 Å². The Kier molecular flexibility index (Phi) is 7.31. The first kappa shape index (κ1) is 23.7. The molecule has 0 aliphatic carbocycles. The lowest BCUT2D eigenvalue weighted by Gasteiger charge is -2.39. The zero-order valence-electron chi connectivity index (χ0n) is 18.2. The van der Waals surface area contributed by atoms with Gasteiger partial charge in [-0.2, -0.15) is 0 Å². The molecule has 3 heterocycles. The van der Waals surface area contributed by atoms with E-state index in [4.69, 9.17) is 11.6 Å². The molecule has 1 N–H and O–H groups in total. The predicted molar refractivity (Wildman–Crippen MR) is 127 cm³/mol. The Labute approximate surface area is 198 Å². The van der Waals surface area contributed by atoms with Crippen LogP contribution in [0.2, 0.25) is 5.02 Å². The monoisotopic (exact) mass is 490 g/mol. The van der Waals surface area contributed by atoms with Crippen LogP contribution in [0, 0.1) is 5.92 Å². The van der Waals surface area contributed by atoms with Crippen LogP contribution in [0.3, 0.4) is 0 Å². The molecule has 33 heavy (non-hydrogen) atoms. The van der Waals surface area contributed by atoms with Gasteiger partial charge in [-0.05, 0) is 30.5 Å². The van der Waals surface area contributed by atoms with Gasteiger partial charge in [0.2, 0.25) is 11.8 Å². The molecule has 2 amide bonds. The molecule has 0 saturated carbocycles. The molecule has 2 atom stereocenters. The fourth-order valence-electron chi connectivity index (χ4n) is 4.37. The summed E-state index contributed by atoms with van der Waals surface area (Å²) in [4.78, 5) is 34.3. The van der Waals surface area contributed by atoms with Crippen LogP contribution in [0.4, 0.5) is 5.82 Å². The Bertz CT molecular complexity index is 1080. The van der Waals surface area contributed by atoms with E-state index in [0.717, 1.165) is 5.56 Å². The van der Waals surface area contributed by atoms with Gasteiger partial charge in [0.25, 0.3) is 0 Å². The number of benzene rings is 1. The van der Waals surface area contributed by atoms with Crippen molar-refractivity contribution in [2.24, 2.45) is 5.92 Å². The average molecular weight is 491 g/mol. The summed E-state index contributed by atoms with van der Waals surface area (Å²) in [5, 5.41) is 3.29. The average Bonchev–Trinajstić information content (AvgIpc) is 2.82. The molecule has 176 valence electrons. The maximum Gasteiger partial charge on any atom is 0.244 e. The van der Waals surface area contributed by atoms with Crippen LogP contribution in [0.25, 0.3) is 0 Å². The van der Waals surface area contributed by atoms with E-state index in [9.17, 15) is 18.0 Å². The molecule has 2 aliphatic heterocycles. The Morgan fingerprint density at radius 1 is 1.06 bits per heavy atom. The van der Waals surface area contributed by atoms with E-state index < -0.39 is 15.9 Å². The fraction of sp³-hybridized carbons (Fsp3) is 0.435. The van der Waals surface area contributed by atoms with Crippen molar-refractivity contribution >= 4 is 39.1 Å². The molecule has 0 spiro atoms. The van der Waals surface area contributed by atoms with Gasteiger partial charge in [-0.1, -0.05) is 41.9 Å². The molecule has 1 aromatic heterocycles. The molecular formula is C23H27ClN4O4S. The lowest BCUT2D eigenvalue weighted by molar-refractivity contribution is -0.140. The normalized spacial score (nSPS) is 21.8. The summed E-state index contributed by atoms with van der Waals surface area (Å²) in [7, 11) is -3.07. The van der Waals surface area contributed by atoms with Gasteiger partial charge in [0.15, 0.2) is 9.84 Å². The first-order valence-electron chi connectivity index (χ1n) is 11.0. The van der Waals surface area contributed by atoms with Gasteiger partial charge < -0.3 is 10.2 Å². The van der Waals surface area contributed by atoms with Crippen LogP contribution in [0.15, 0.2) is 48.7 Å². The van der Waals surface area contributed by atoms with Gasteiger partial charge in [0, 0.05) is 32.4 Å². The highest BCUT2D eigenvalue weighted by atomic mass is 35.5. The SMILES string of the molecule is O=C(Nc1ccc(Cl)cn1)C1CCCN(C(=O)C(c2ccccc2)N2CCS(=O)(=O)CC2)C1. The molecule has 1 aromatic carbocycles. The molecule has 2 saturated heterocycles. The van der Waals surface area contributed by atoms with Gasteiger partial charge in [-0.15, -0.1) is 0 Å². The van der Waals surface area contributed by atoms with E-state index >= 15 is 0 Å². The summed E-state index contributed by atoms with van der Waals surface area (Å²) in [5.41, 5.74) is 0.832. The van der Waals surface area contributed by atoms with E-state index in [2.05, 4.69) is 10.3 Å². The lowest BCUT2D eigenvalue weighted by Crippen LogP contribution is -2.51. The number of nitrogens with one attached hydrogen (secondary N) is 1. The highest BCUT2D eigenvalue weighted by molar-refractivity contribution is 7.91. The predicted octanol–water partition coefficient (Wildman–Crippen LogP) is 2.38. The van der Waals surface area contributed by atoms with Crippen molar-refractivity contribution in [3.05, 3.63) is 59.2 Å². The molecule has 2 aromatic rings. The van der Waals surface area contributed by atoms with Crippen molar-refractivity contribution in [1.29, 1.82) is 0 Å². The maximum absolute atomic E-state index is 13.7. The highest BCUT2D eigenvalue weighted by Gasteiger charge is 2.37. The zero-order chi connectivity index (χ0) is 23.4. The number of carbonyl (C=O) groups excluding carboxylic acids is 2. The number of aromatic nitrogens is 1. The van der Waals surface area contributed by atoms with E-state index in [1.807, 2.05) is 35.2 Å². The van der Waals surface area contributed by atoms with Gasteiger partial charge >= 0.3 is 0 Å². The zero-order valence-corrected chi connectivity index (χ0v) is 19.8. The molecule has 2 aliphatic rings. The summed E-state index contributed by atoms with van der Waals surface area (Å²) < 4.78 is 23.9. The summed E-state index contributed by atoms with van der Waals surface area (Å²) in [6, 6.07) is 12.2. The standard InChI is InChI=1S/C23H27ClN4O4S/c24-19-8-9-20(25-15-19)26-22(29)18-7-4-10-28(16-18)23(30)21(17-5-2-1-3-6-17)27-11-13-33(31,32)14-12-27/h1-3,5-6,8-9,15,18,21H,4,7,10-14,16H2,(H,25,26,29). The van der Waals surface area contributed by atoms with Crippen LogP contribution in [0.5, 0.6) is 0 Å². The maximum atomic E-state index is 13.7. The van der Waals surface area contributed by atoms with Gasteiger partial charge in [-0.3, -0.25) is 14.5 Å². The number of likely N-dealkylation sites (tertiary alicyclic amines) is 1. The van der Waals surface area contributed by atoms with Crippen LogP contribution in [-0.2, 0) is 19.4 Å². The number of anilines is 1. The van der Waals surface area contributed by atoms with E-state index in [-0.39, 0.29) is 29.2 Å². The summed E-state index contributed by atoms with van der Waals surface area (Å²) in [6.07, 6.45) is 2.87. The molecule has 8 nitrogen and oxygen atoms in total. The number of amides is 2. The molecule has 4 rings (SSSR count). The van der Waals surface area contributed by atoms with Crippen molar-refractivity contribution in [3.8, 4) is 0 Å². The summed E-state index contributed by atoms with van der Waals surface area (Å²) in [6.45, 7) is 1.51. The third-order valence-corrected chi connectivity index (χ3v) is 8.01. The second-order valence-corrected chi connectivity index (χ2v) is 11.2. The van der Waals surface area contributed by atoms with Crippen LogP contribution in [0.1, 0.15) is 24.4 Å². The largest absolute Gasteiger partial charge is 0.340 e. The first-order chi connectivity index (χ1) is 15.8. The molecular weight excluding hydrogens is 464 g/mol. The Balaban J connectivity index is 1.48. The number of carbonyl (C=O) groups is 2. The Morgan fingerprint density at radius 3 is 2.45 bits per heavy atom. The van der Waals surface area contributed by atoms with Crippen molar-refractivity contribution < 1.29 is 18.0 Å². The highest BCUT2D eigenvalue weighted by Crippen LogP contribution is 2.28. The minimum atomic E-state index is -3.07. The smallest absolute Gasteiger partial charge is 0.244 e.